The van der Waals surface area contributed by atoms with E-state index in [0.717, 1.165) is 25.1 Å². The van der Waals surface area contributed by atoms with Crippen molar-refractivity contribution in [3.05, 3.63) is 17.5 Å². The second-order valence-corrected chi connectivity index (χ2v) is 5.15. The number of aryl methyl sites for hydroxylation is 2. The molecule has 2 heterocycles. The Morgan fingerprint density at radius 1 is 1.53 bits per heavy atom. The largest absolute Gasteiger partial charge is 0.370 e. The lowest BCUT2D eigenvalue weighted by atomic mass is 10.1. The highest BCUT2D eigenvalue weighted by Crippen LogP contribution is 2.30. The number of ether oxygens (including phenoxy) is 1. The lowest BCUT2D eigenvalue weighted by molar-refractivity contribution is -0.0232. The summed E-state index contributed by atoms with van der Waals surface area (Å²) in [5.74, 6) is 0. The number of hydrogen-bond acceptors (Lipinski definition) is 2. The molecule has 1 atom stereocenters. The lowest BCUT2D eigenvalue weighted by Crippen LogP contribution is -2.23. The molecule has 1 saturated heterocycles. The molecular formula is C12H20N2O. The van der Waals surface area contributed by atoms with Crippen LogP contribution in [0.2, 0.25) is 0 Å². The van der Waals surface area contributed by atoms with E-state index in [-0.39, 0.29) is 5.60 Å². The standard InChI is InChI=1S/C12H20N2O/c1-9-7-10(2)14(13-9)8-11-5-6-12(3,4)15-11/h7,11H,5-6,8H2,1-4H3. The zero-order valence-electron chi connectivity index (χ0n) is 10.1. The average Bonchev–Trinajstić information content (AvgIpc) is 2.57. The molecule has 1 aliphatic heterocycles. The zero-order valence-corrected chi connectivity index (χ0v) is 10.1. The Balaban J connectivity index is 2.01. The molecule has 15 heavy (non-hydrogen) atoms. The molecule has 3 heteroatoms. The minimum Gasteiger partial charge on any atom is -0.370 e. The van der Waals surface area contributed by atoms with Crippen LogP contribution in [-0.2, 0) is 11.3 Å². The summed E-state index contributed by atoms with van der Waals surface area (Å²) in [5, 5.41) is 4.46. The van der Waals surface area contributed by atoms with Gasteiger partial charge in [0.1, 0.15) is 0 Å². The van der Waals surface area contributed by atoms with Crippen molar-refractivity contribution in [1.29, 1.82) is 0 Å². The van der Waals surface area contributed by atoms with Gasteiger partial charge in [-0.15, -0.1) is 0 Å². The summed E-state index contributed by atoms with van der Waals surface area (Å²) in [5.41, 5.74) is 2.37. The highest BCUT2D eigenvalue weighted by Gasteiger charge is 2.31. The van der Waals surface area contributed by atoms with Crippen molar-refractivity contribution in [2.45, 2.75) is 58.8 Å². The fourth-order valence-electron chi connectivity index (χ4n) is 2.26. The van der Waals surface area contributed by atoms with Crippen molar-refractivity contribution in [3.8, 4) is 0 Å². The van der Waals surface area contributed by atoms with Crippen molar-refractivity contribution in [1.82, 2.24) is 9.78 Å². The normalized spacial score (nSPS) is 24.7. The second kappa shape index (κ2) is 3.63. The van der Waals surface area contributed by atoms with E-state index in [9.17, 15) is 0 Å². The maximum atomic E-state index is 5.96. The van der Waals surface area contributed by atoms with Gasteiger partial charge in [-0.1, -0.05) is 0 Å². The Labute approximate surface area is 91.4 Å². The number of hydrogen-bond donors (Lipinski definition) is 0. The lowest BCUT2D eigenvalue weighted by Gasteiger charge is -2.19. The number of nitrogens with zero attached hydrogens (tertiary/aromatic N) is 2. The molecule has 3 nitrogen and oxygen atoms in total. The van der Waals surface area contributed by atoms with Crippen molar-refractivity contribution < 1.29 is 4.74 Å². The van der Waals surface area contributed by atoms with Gasteiger partial charge in [0.05, 0.1) is 23.9 Å². The minimum atomic E-state index is 0.0563. The van der Waals surface area contributed by atoms with Crippen LogP contribution in [0.4, 0.5) is 0 Å². The van der Waals surface area contributed by atoms with Crippen molar-refractivity contribution in [2.24, 2.45) is 0 Å². The first kappa shape index (κ1) is 10.7. The molecule has 0 amide bonds. The second-order valence-electron chi connectivity index (χ2n) is 5.15. The molecule has 0 spiro atoms. The van der Waals surface area contributed by atoms with E-state index in [0.29, 0.717) is 6.10 Å². The Morgan fingerprint density at radius 3 is 2.73 bits per heavy atom. The molecule has 0 bridgehead atoms. The summed E-state index contributed by atoms with van der Waals surface area (Å²) in [7, 11) is 0. The Hall–Kier alpha value is -0.830. The highest BCUT2D eigenvalue weighted by atomic mass is 16.5. The molecule has 1 aromatic rings. The van der Waals surface area contributed by atoms with Gasteiger partial charge in [0.2, 0.25) is 0 Å². The van der Waals surface area contributed by atoms with E-state index in [1.807, 2.05) is 6.92 Å². The Morgan fingerprint density at radius 2 is 2.27 bits per heavy atom. The van der Waals surface area contributed by atoms with Gasteiger partial charge in [0, 0.05) is 5.69 Å². The van der Waals surface area contributed by atoms with Gasteiger partial charge in [-0.3, -0.25) is 4.68 Å². The summed E-state index contributed by atoms with van der Waals surface area (Å²) in [6, 6.07) is 2.11. The van der Waals surface area contributed by atoms with E-state index in [4.69, 9.17) is 4.74 Å². The quantitative estimate of drug-likeness (QED) is 0.746. The van der Waals surface area contributed by atoms with Crippen LogP contribution in [0, 0.1) is 13.8 Å². The Bertz CT molecular complexity index is 355. The van der Waals surface area contributed by atoms with Gasteiger partial charge in [-0.25, -0.2) is 0 Å². The number of aromatic nitrogens is 2. The van der Waals surface area contributed by atoms with Crippen molar-refractivity contribution >= 4 is 0 Å². The zero-order chi connectivity index (χ0) is 11.1. The Kier molecular flexibility index (Phi) is 2.59. The smallest absolute Gasteiger partial charge is 0.0779 e. The van der Waals surface area contributed by atoms with Gasteiger partial charge >= 0.3 is 0 Å². The molecule has 2 rings (SSSR count). The van der Waals surface area contributed by atoms with E-state index >= 15 is 0 Å². The first-order valence-electron chi connectivity index (χ1n) is 5.65. The maximum Gasteiger partial charge on any atom is 0.0779 e. The van der Waals surface area contributed by atoms with Crippen LogP contribution in [0.25, 0.3) is 0 Å². The van der Waals surface area contributed by atoms with Gasteiger partial charge in [0.25, 0.3) is 0 Å². The van der Waals surface area contributed by atoms with Crippen LogP contribution in [0.3, 0.4) is 0 Å². The van der Waals surface area contributed by atoms with Crippen molar-refractivity contribution in [3.63, 3.8) is 0 Å². The molecule has 1 aromatic heterocycles. The summed E-state index contributed by atoms with van der Waals surface area (Å²) < 4.78 is 8.01. The van der Waals surface area contributed by atoms with Crippen LogP contribution >= 0.6 is 0 Å². The molecular weight excluding hydrogens is 188 g/mol. The van der Waals surface area contributed by atoms with E-state index in [1.54, 1.807) is 0 Å². The van der Waals surface area contributed by atoms with Crippen LogP contribution in [0.15, 0.2) is 6.07 Å². The molecule has 0 saturated carbocycles. The van der Waals surface area contributed by atoms with Gasteiger partial charge in [-0.2, -0.15) is 5.10 Å². The summed E-state index contributed by atoms with van der Waals surface area (Å²) in [6.45, 7) is 9.34. The third kappa shape index (κ3) is 2.40. The molecule has 0 aromatic carbocycles. The van der Waals surface area contributed by atoms with E-state index < -0.39 is 0 Å². The number of rotatable bonds is 2. The predicted octanol–water partition coefficient (Wildman–Crippen LogP) is 2.46. The highest BCUT2D eigenvalue weighted by molar-refractivity contribution is 5.06. The maximum absolute atomic E-state index is 5.96. The molecule has 84 valence electrons. The first-order chi connectivity index (χ1) is 6.96. The van der Waals surface area contributed by atoms with Crippen molar-refractivity contribution in [2.75, 3.05) is 0 Å². The third-order valence-corrected chi connectivity index (χ3v) is 3.03. The molecule has 0 radical (unpaired) electrons. The van der Waals surface area contributed by atoms with E-state index in [1.165, 1.54) is 5.69 Å². The third-order valence-electron chi connectivity index (χ3n) is 3.03. The molecule has 1 fully saturated rings. The van der Waals surface area contributed by atoms with E-state index in [2.05, 4.69) is 36.6 Å². The van der Waals surface area contributed by atoms with Gasteiger partial charge in [0.15, 0.2) is 0 Å². The monoisotopic (exact) mass is 208 g/mol. The summed E-state index contributed by atoms with van der Waals surface area (Å²) in [4.78, 5) is 0. The predicted molar refractivity (Wildman–Crippen MR) is 59.9 cm³/mol. The van der Waals surface area contributed by atoms with Crippen LogP contribution in [0.1, 0.15) is 38.1 Å². The molecule has 0 aliphatic carbocycles. The van der Waals surface area contributed by atoms with Crippen LogP contribution < -0.4 is 0 Å². The molecule has 1 aliphatic rings. The topological polar surface area (TPSA) is 27.1 Å². The van der Waals surface area contributed by atoms with Crippen LogP contribution in [0.5, 0.6) is 0 Å². The molecule has 0 N–H and O–H groups in total. The summed E-state index contributed by atoms with van der Waals surface area (Å²) >= 11 is 0. The molecule has 1 unspecified atom stereocenters. The minimum absolute atomic E-state index is 0.0563. The fraction of sp³-hybridized carbons (Fsp3) is 0.750. The average molecular weight is 208 g/mol. The van der Waals surface area contributed by atoms with Crippen LogP contribution in [-0.4, -0.2) is 21.5 Å². The fourth-order valence-corrected chi connectivity index (χ4v) is 2.26. The van der Waals surface area contributed by atoms with Gasteiger partial charge < -0.3 is 4.74 Å². The van der Waals surface area contributed by atoms with Gasteiger partial charge in [-0.05, 0) is 46.6 Å². The first-order valence-corrected chi connectivity index (χ1v) is 5.65. The summed E-state index contributed by atoms with van der Waals surface area (Å²) in [6.07, 6.45) is 2.63. The SMILES string of the molecule is Cc1cc(C)n(CC2CCC(C)(C)O2)n1.